The minimum atomic E-state index is -3.16. The van der Waals surface area contributed by atoms with E-state index in [1.54, 1.807) is 6.07 Å². The zero-order valence-corrected chi connectivity index (χ0v) is 27.0. The van der Waals surface area contributed by atoms with E-state index in [1.165, 1.54) is 12.2 Å². The highest BCUT2D eigenvalue weighted by Crippen LogP contribution is 2.35. The second kappa shape index (κ2) is 14.4. The minimum absolute atomic E-state index is 0.00161. The number of nitrogens with zero attached hydrogens (tertiary/aromatic N) is 2. The van der Waals surface area contributed by atoms with E-state index in [0.29, 0.717) is 29.9 Å². The molecule has 0 saturated heterocycles. The van der Waals surface area contributed by atoms with Gasteiger partial charge in [0.25, 0.3) is 5.91 Å². The van der Waals surface area contributed by atoms with Gasteiger partial charge >= 0.3 is 0 Å². The summed E-state index contributed by atoms with van der Waals surface area (Å²) in [7, 11) is -3.16. The molecule has 0 bridgehead atoms. The van der Waals surface area contributed by atoms with Gasteiger partial charge in [0.1, 0.15) is 21.8 Å². The third-order valence-electron chi connectivity index (χ3n) is 9.40. The van der Waals surface area contributed by atoms with E-state index < -0.39 is 21.8 Å². The maximum Gasteiger partial charge on any atom is 0.251 e. The van der Waals surface area contributed by atoms with E-state index in [2.05, 4.69) is 5.32 Å². The predicted molar refractivity (Wildman–Crippen MR) is 173 cm³/mol. The Hall–Kier alpha value is -3.40. The molecule has 5 rings (SSSR count). The van der Waals surface area contributed by atoms with Crippen LogP contribution in [0.25, 0.3) is 10.9 Å². The zero-order chi connectivity index (χ0) is 32.1. The van der Waals surface area contributed by atoms with Crippen LogP contribution in [0.2, 0.25) is 0 Å². The summed E-state index contributed by atoms with van der Waals surface area (Å²) in [5.41, 5.74) is 4.34. The number of ketones is 1. The molecule has 3 atom stereocenters. The highest BCUT2D eigenvalue weighted by molar-refractivity contribution is 7.90. The quantitative estimate of drug-likeness (QED) is 0.324. The second-order valence-electron chi connectivity index (χ2n) is 12.8. The summed E-state index contributed by atoms with van der Waals surface area (Å²) in [6.07, 6.45) is 16.2. The molecule has 0 spiro atoms. The van der Waals surface area contributed by atoms with Crippen LogP contribution in [0.15, 0.2) is 65.2 Å². The molecule has 3 aliphatic carbocycles. The number of benzene rings is 1. The molecule has 1 N–H and O–H groups in total. The van der Waals surface area contributed by atoms with Crippen molar-refractivity contribution in [2.75, 3.05) is 18.6 Å². The molecule has 242 valence electrons. The zero-order valence-electron chi connectivity index (χ0n) is 26.2. The molecule has 3 unspecified atom stereocenters. The standard InChI is InChI=1S/C35H43F2N3O4S/c1-23-29(35(42)38-18-19-45(2,43)44)16-17-33-31(23)22-40(39-33)21-24-6-3-4-8-26(9-5-7-24)34(41)27-12-10-25(11-13-27)30-15-14-28(36)20-32(30)37/h10,12,14-17,22,24,26,32H,3-9,11,13,18-21H2,1-2H3,(H,38,42). The average molecular weight is 640 g/mol. The van der Waals surface area contributed by atoms with Crippen molar-refractivity contribution in [3.05, 3.63) is 76.3 Å². The van der Waals surface area contributed by atoms with Crippen LogP contribution in [0, 0.1) is 18.8 Å². The Morgan fingerprint density at radius 2 is 1.78 bits per heavy atom. The topological polar surface area (TPSA) is 98.1 Å². The van der Waals surface area contributed by atoms with Gasteiger partial charge in [-0.3, -0.25) is 14.3 Å². The van der Waals surface area contributed by atoms with Crippen molar-refractivity contribution >= 4 is 32.4 Å². The number of nitrogens with one attached hydrogen (secondary N) is 1. The largest absolute Gasteiger partial charge is 0.351 e. The number of hydrogen-bond acceptors (Lipinski definition) is 5. The first kappa shape index (κ1) is 33.0. The van der Waals surface area contributed by atoms with Crippen LogP contribution in [0.3, 0.4) is 0 Å². The Kier molecular flexibility index (Phi) is 10.5. The molecular weight excluding hydrogens is 596 g/mol. The number of allylic oxidation sites excluding steroid dienone is 8. The normalized spacial score (nSPS) is 23.2. The minimum Gasteiger partial charge on any atom is -0.351 e. The summed E-state index contributed by atoms with van der Waals surface area (Å²) in [6.45, 7) is 2.73. The summed E-state index contributed by atoms with van der Waals surface area (Å²) in [6, 6.07) is 3.57. The lowest BCUT2D eigenvalue weighted by atomic mass is 9.82. The Labute approximate surface area is 264 Å². The predicted octanol–water partition coefficient (Wildman–Crippen LogP) is 6.83. The van der Waals surface area contributed by atoms with Gasteiger partial charge in [-0.2, -0.15) is 5.10 Å². The lowest BCUT2D eigenvalue weighted by molar-refractivity contribution is -0.119. The van der Waals surface area contributed by atoms with Crippen molar-refractivity contribution in [2.45, 2.75) is 83.8 Å². The van der Waals surface area contributed by atoms with Crippen LogP contribution < -0.4 is 5.32 Å². The van der Waals surface area contributed by atoms with Crippen molar-refractivity contribution in [1.29, 1.82) is 0 Å². The van der Waals surface area contributed by atoms with Crippen LogP contribution in [0.1, 0.15) is 80.1 Å². The molecular formula is C35H43F2N3O4S. The van der Waals surface area contributed by atoms with Crippen molar-refractivity contribution < 1.29 is 26.8 Å². The molecule has 1 aromatic heterocycles. The van der Waals surface area contributed by atoms with Crippen LogP contribution in [-0.4, -0.2) is 54.6 Å². The number of rotatable bonds is 9. The average Bonchev–Trinajstić information content (AvgIpc) is 3.45. The molecule has 2 aromatic rings. The number of alkyl halides is 1. The van der Waals surface area contributed by atoms with E-state index in [1.807, 2.05) is 36.0 Å². The summed E-state index contributed by atoms with van der Waals surface area (Å²) in [4.78, 5) is 26.2. The van der Waals surface area contributed by atoms with Gasteiger partial charge in [0, 0.05) is 48.8 Å². The van der Waals surface area contributed by atoms with E-state index in [0.717, 1.165) is 85.4 Å². The van der Waals surface area contributed by atoms with E-state index in [9.17, 15) is 26.8 Å². The van der Waals surface area contributed by atoms with Crippen molar-refractivity contribution in [1.82, 2.24) is 15.1 Å². The molecule has 0 aliphatic heterocycles. The monoisotopic (exact) mass is 639 g/mol. The molecule has 1 saturated carbocycles. The maximum absolute atomic E-state index is 14.4. The fourth-order valence-corrected chi connectivity index (χ4v) is 7.30. The number of sulfone groups is 1. The van der Waals surface area contributed by atoms with Gasteiger partial charge in [-0.15, -0.1) is 0 Å². The van der Waals surface area contributed by atoms with Gasteiger partial charge in [0.15, 0.2) is 5.78 Å². The van der Waals surface area contributed by atoms with Crippen LogP contribution in [0.5, 0.6) is 0 Å². The molecule has 7 nitrogen and oxygen atoms in total. The number of carbonyl (C=O) groups excluding carboxylic acids is 2. The lowest BCUT2D eigenvalue weighted by Crippen LogP contribution is -2.29. The molecule has 0 radical (unpaired) electrons. The van der Waals surface area contributed by atoms with Crippen molar-refractivity contribution in [2.24, 2.45) is 11.8 Å². The molecule has 45 heavy (non-hydrogen) atoms. The fourth-order valence-electron chi connectivity index (χ4n) is 6.83. The number of aromatic nitrogens is 2. The van der Waals surface area contributed by atoms with Crippen molar-refractivity contribution in [3.8, 4) is 0 Å². The highest BCUT2D eigenvalue weighted by atomic mass is 32.2. The molecule has 3 aliphatic rings. The Balaban J connectivity index is 1.17. The van der Waals surface area contributed by atoms with E-state index >= 15 is 0 Å². The molecule has 1 amide bonds. The smallest absolute Gasteiger partial charge is 0.251 e. The number of fused-ring (bicyclic) bond motifs is 1. The first-order valence-corrected chi connectivity index (χ1v) is 18.1. The Morgan fingerprint density at radius 3 is 2.51 bits per heavy atom. The third kappa shape index (κ3) is 8.45. The number of amides is 1. The molecule has 1 aromatic carbocycles. The molecule has 10 heteroatoms. The van der Waals surface area contributed by atoms with Crippen LogP contribution in [-0.2, 0) is 21.2 Å². The first-order chi connectivity index (χ1) is 21.5. The maximum atomic E-state index is 14.4. The van der Waals surface area contributed by atoms with Gasteiger partial charge in [-0.25, -0.2) is 17.2 Å². The Morgan fingerprint density at radius 1 is 1.02 bits per heavy atom. The second-order valence-corrected chi connectivity index (χ2v) is 15.1. The summed E-state index contributed by atoms with van der Waals surface area (Å²) >= 11 is 0. The molecule has 1 heterocycles. The SMILES string of the molecule is Cc1c(C(=O)NCCS(C)(=O)=O)ccc2nn(CC3CCCCC(C(=O)C4=CC=C(C5=CC=C(F)CC5F)CC4)CCC3)cc12. The molecule has 1 fully saturated rings. The number of aryl methyl sites for hydroxylation is 1. The van der Waals surface area contributed by atoms with E-state index in [4.69, 9.17) is 5.10 Å². The van der Waals surface area contributed by atoms with Crippen LogP contribution in [0.4, 0.5) is 8.78 Å². The Bertz CT molecular complexity index is 1690. The van der Waals surface area contributed by atoms with Gasteiger partial charge in [-0.1, -0.05) is 37.5 Å². The first-order valence-electron chi connectivity index (χ1n) is 16.1. The summed E-state index contributed by atoms with van der Waals surface area (Å²) in [5, 5.41) is 8.39. The summed E-state index contributed by atoms with van der Waals surface area (Å²) in [5.74, 6) is -0.187. The third-order valence-corrected chi connectivity index (χ3v) is 10.3. The van der Waals surface area contributed by atoms with Gasteiger partial charge in [0.05, 0.1) is 11.3 Å². The van der Waals surface area contributed by atoms with Gasteiger partial charge in [-0.05, 0) is 91.9 Å². The van der Waals surface area contributed by atoms with E-state index in [-0.39, 0.29) is 36.3 Å². The summed E-state index contributed by atoms with van der Waals surface area (Å²) < 4.78 is 52.6. The number of Topliss-reactive ketones (excluding diaryl/α,β-unsaturated/α-hetero) is 1. The number of halogens is 2. The number of carbonyl (C=O) groups is 2. The van der Waals surface area contributed by atoms with Crippen molar-refractivity contribution in [3.63, 3.8) is 0 Å². The van der Waals surface area contributed by atoms with Gasteiger partial charge < -0.3 is 5.32 Å². The fraction of sp³-hybridized carbons (Fsp3) is 0.514. The van der Waals surface area contributed by atoms with Crippen LogP contribution >= 0.6 is 0 Å². The lowest BCUT2D eigenvalue weighted by Gasteiger charge is -2.23. The number of hydrogen-bond donors (Lipinski definition) is 1. The highest BCUT2D eigenvalue weighted by Gasteiger charge is 2.27. The van der Waals surface area contributed by atoms with Gasteiger partial charge in [0.2, 0.25) is 0 Å².